The fourth-order valence-corrected chi connectivity index (χ4v) is 2.79. The summed E-state index contributed by atoms with van der Waals surface area (Å²) in [6, 6.07) is -0.541. The second-order valence-corrected chi connectivity index (χ2v) is 6.43. The summed E-state index contributed by atoms with van der Waals surface area (Å²) in [7, 11) is 0. The predicted molar refractivity (Wildman–Crippen MR) is 74.5 cm³/mol. The van der Waals surface area contributed by atoms with Gasteiger partial charge in [0, 0.05) is 6.54 Å². The summed E-state index contributed by atoms with van der Waals surface area (Å²) in [6.07, 6.45) is 4.85. The van der Waals surface area contributed by atoms with E-state index >= 15 is 0 Å². The summed E-state index contributed by atoms with van der Waals surface area (Å²) >= 11 is 0. The fraction of sp³-hybridized carbons (Fsp3) is 0.867. The van der Waals surface area contributed by atoms with Crippen LogP contribution in [0.25, 0.3) is 0 Å². The second kappa shape index (κ2) is 5.93. The minimum atomic E-state index is -0.292. The summed E-state index contributed by atoms with van der Waals surface area (Å²) in [6.45, 7) is 7.03. The van der Waals surface area contributed by atoms with Crippen LogP contribution in [0.5, 0.6) is 0 Å². The quantitative estimate of drug-likeness (QED) is 0.798. The summed E-state index contributed by atoms with van der Waals surface area (Å²) in [4.78, 5) is 26.7. The molecule has 4 nitrogen and oxygen atoms in total. The van der Waals surface area contributed by atoms with E-state index in [1.54, 1.807) is 0 Å². The normalized spacial score (nSPS) is 27.9. The van der Waals surface area contributed by atoms with Crippen LogP contribution in [0.1, 0.15) is 52.9 Å². The second-order valence-electron chi connectivity index (χ2n) is 6.43. The molecule has 0 spiro atoms. The molecule has 2 unspecified atom stereocenters. The lowest BCUT2D eigenvalue weighted by atomic mass is 9.96. The Morgan fingerprint density at radius 2 is 2.00 bits per heavy atom. The predicted octanol–water partition coefficient (Wildman–Crippen LogP) is 1.94. The first-order valence-electron chi connectivity index (χ1n) is 7.63. The van der Waals surface area contributed by atoms with Crippen molar-refractivity contribution in [1.29, 1.82) is 0 Å². The number of rotatable bonds is 6. The highest BCUT2D eigenvalue weighted by atomic mass is 16.2. The molecule has 1 N–H and O–H groups in total. The summed E-state index contributed by atoms with van der Waals surface area (Å²) < 4.78 is 0. The van der Waals surface area contributed by atoms with Crippen molar-refractivity contribution < 1.29 is 9.59 Å². The third-order valence-corrected chi connectivity index (χ3v) is 4.00. The standard InChI is InChI=1S/C15H26N2O2/c1-4-5-12-15(19)17(9-11-6-7-11)13(8-10(2)3)14(18)16-12/h10-13H,4-9H2,1-3H3,(H,16,18). The molecule has 0 aromatic rings. The van der Waals surface area contributed by atoms with Gasteiger partial charge in [-0.2, -0.15) is 0 Å². The first-order valence-corrected chi connectivity index (χ1v) is 7.63. The van der Waals surface area contributed by atoms with Crippen LogP contribution in [0, 0.1) is 11.8 Å². The van der Waals surface area contributed by atoms with Gasteiger partial charge in [-0.25, -0.2) is 0 Å². The Kier molecular flexibility index (Phi) is 4.48. The lowest BCUT2D eigenvalue weighted by Crippen LogP contribution is -2.63. The van der Waals surface area contributed by atoms with Crippen LogP contribution >= 0.6 is 0 Å². The van der Waals surface area contributed by atoms with Crippen LogP contribution in [-0.2, 0) is 9.59 Å². The van der Waals surface area contributed by atoms with Crippen molar-refractivity contribution in [2.24, 2.45) is 11.8 Å². The monoisotopic (exact) mass is 266 g/mol. The van der Waals surface area contributed by atoms with E-state index in [4.69, 9.17) is 0 Å². The summed E-state index contributed by atoms with van der Waals surface area (Å²) in [5.74, 6) is 1.24. The lowest BCUT2D eigenvalue weighted by Gasteiger charge is -2.40. The van der Waals surface area contributed by atoms with Gasteiger partial charge in [-0.1, -0.05) is 27.2 Å². The average molecular weight is 266 g/mol. The van der Waals surface area contributed by atoms with Gasteiger partial charge < -0.3 is 10.2 Å². The molecule has 108 valence electrons. The molecule has 0 aromatic carbocycles. The van der Waals surface area contributed by atoms with E-state index in [1.807, 2.05) is 11.8 Å². The third-order valence-electron chi connectivity index (χ3n) is 4.00. The van der Waals surface area contributed by atoms with Gasteiger partial charge in [0.2, 0.25) is 11.8 Å². The summed E-state index contributed by atoms with van der Waals surface area (Å²) in [5.41, 5.74) is 0. The maximum Gasteiger partial charge on any atom is 0.245 e. The maximum atomic E-state index is 12.5. The Balaban J connectivity index is 2.11. The van der Waals surface area contributed by atoms with Crippen molar-refractivity contribution in [3.63, 3.8) is 0 Å². The van der Waals surface area contributed by atoms with Crippen molar-refractivity contribution in [3.05, 3.63) is 0 Å². The summed E-state index contributed by atoms with van der Waals surface area (Å²) in [5, 5.41) is 2.92. The van der Waals surface area contributed by atoms with E-state index in [-0.39, 0.29) is 23.9 Å². The van der Waals surface area contributed by atoms with Crippen LogP contribution in [0.4, 0.5) is 0 Å². The highest BCUT2D eigenvalue weighted by molar-refractivity contribution is 5.97. The molecule has 1 aliphatic heterocycles. The molecule has 1 saturated carbocycles. The van der Waals surface area contributed by atoms with Gasteiger partial charge in [-0.05, 0) is 37.5 Å². The number of nitrogens with zero attached hydrogens (tertiary/aromatic N) is 1. The molecule has 1 heterocycles. The van der Waals surface area contributed by atoms with Crippen molar-refractivity contribution in [2.45, 2.75) is 65.0 Å². The topological polar surface area (TPSA) is 49.4 Å². The van der Waals surface area contributed by atoms with Crippen LogP contribution in [0.15, 0.2) is 0 Å². The van der Waals surface area contributed by atoms with Gasteiger partial charge in [0.1, 0.15) is 12.1 Å². The molecule has 0 bridgehead atoms. The minimum absolute atomic E-state index is 0.0485. The highest BCUT2D eigenvalue weighted by Gasteiger charge is 2.42. The van der Waals surface area contributed by atoms with Crippen molar-refractivity contribution >= 4 is 11.8 Å². The Hall–Kier alpha value is -1.06. The molecule has 0 radical (unpaired) electrons. The first-order chi connectivity index (χ1) is 9.02. The molecule has 4 heteroatoms. The number of hydrogen-bond donors (Lipinski definition) is 1. The first kappa shape index (κ1) is 14.4. The van der Waals surface area contributed by atoms with Crippen LogP contribution < -0.4 is 5.32 Å². The van der Waals surface area contributed by atoms with Gasteiger partial charge in [0.05, 0.1) is 0 Å². The van der Waals surface area contributed by atoms with E-state index in [2.05, 4.69) is 19.2 Å². The molecule has 1 saturated heterocycles. The largest absolute Gasteiger partial charge is 0.343 e. The van der Waals surface area contributed by atoms with E-state index in [1.165, 1.54) is 12.8 Å². The molecule has 19 heavy (non-hydrogen) atoms. The SMILES string of the molecule is CCCC1NC(=O)C(CC(C)C)N(CC2CC2)C1=O. The molecule has 2 rings (SSSR count). The smallest absolute Gasteiger partial charge is 0.245 e. The lowest BCUT2D eigenvalue weighted by molar-refractivity contribution is -0.150. The molecule has 1 aliphatic carbocycles. The minimum Gasteiger partial charge on any atom is -0.343 e. The molecule has 0 aromatic heterocycles. The number of nitrogens with one attached hydrogen (secondary N) is 1. The van der Waals surface area contributed by atoms with Gasteiger partial charge in [-0.3, -0.25) is 9.59 Å². The Bertz CT molecular complexity index is 350. The molecule has 2 fully saturated rings. The maximum absolute atomic E-state index is 12.5. The number of hydrogen-bond acceptors (Lipinski definition) is 2. The van der Waals surface area contributed by atoms with Gasteiger partial charge in [-0.15, -0.1) is 0 Å². The zero-order valence-corrected chi connectivity index (χ0v) is 12.3. The fourth-order valence-electron chi connectivity index (χ4n) is 2.79. The van der Waals surface area contributed by atoms with E-state index in [0.717, 1.165) is 25.8 Å². The Morgan fingerprint density at radius 1 is 1.32 bits per heavy atom. The zero-order chi connectivity index (χ0) is 14.0. The molecule has 2 amide bonds. The average Bonchev–Trinajstić information content (AvgIpc) is 3.14. The van der Waals surface area contributed by atoms with Crippen LogP contribution in [0.3, 0.4) is 0 Å². The van der Waals surface area contributed by atoms with Gasteiger partial charge in [0.15, 0.2) is 0 Å². The molecule has 2 atom stereocenters. The number of amides is 2. The Labute approximate surface area is 115 Å². The van der Waals surface area contributed by atoms with Crippen molar-refractivity contribution in [2.75, 3.05) is 6.54 Å². The van der Waals surface area contributed by atoms with Gasteiger partial charge in [0.25, 0.3) is 0 Å². The van der Waals surface area contributed by atoms with Crippen molar-refractivity contribution in [1.82, 2.24) is 10.2 Å². The molecular weight excluding hydrogens is 240 g/mol. The number of piperazine rings is 1. The van der Waals surface area contributed by atoms with Crippen LogP contribution in [0.2, 0.25) is 0 Å². The van der Waals surface area contributed by atoms with Crippen LogP contribution in [-0.4, -0.2) is 35.3 Å². The molecule has 2 aliphatic rings. The van der Waals surface area contributed by atoms with E-state index in [0.29, 0.717) is 11.8 Å². The van der Waals surface area contributed by atoms with Crippen molar-refractivity contribution in [3.8, 4) is 0 Å². The zero-order valence-electron chi connectivity index (χ0n) is 12.3. The Morgan fingerprint density at radius 3 is 2.53 bits per heavy atom. The third kappa shape index (κ3) is 3.48. The van der Waals surface area contributed by atoms with E-state index in [9.17, 15) is 9.59 Å². The molecular formula is C15H26N2O2. The van der Waals surface area contributed by atoms with E-state index < -0.39 is 0 Å². The highest BCUT2D eigenvalue weighted by Crippen LogP contribution is 2.32. The number of carbonyl (C=O) groups is 2. The van der Waals surface area contributed by atoms with Gasteiger partial charge >= 0.3 is 0 Å². The number of carbonyl (C=O) groups excluding carboxylic acids is 2.